The maximum Gasteiger partial charge on any atom is 0.263 e. The van der Waals surface area contributed by atoms with Gasteiger partial charge in [-0.25, -0.2) is 4.68 Å². The summed E-state index contributed by atoms with van der Waals surface area (Å²) in [5, 5.41) is 9.42. The summed E-state index contributed by atoms with van der Waals surface area (Å²) in [6, 6.07) is 13.1. The molecule has 0 saturated carbocycles. The zero-order valence-electron chi connectivity index (χ0n) is 14.2. The molecule has 3 aromatic rings. The fourth-order valence-corrected chi connectivity index (χ4v) is 2.91. The molecule has 27 heavy (non-hydrogen) atoms. The number of carbonyl (C=O) groups is 2. The van der Waals surface area contributed by atoms with E-state index in [4.69, 9.17) is 16.6 Å². The molecule has 1 aliphatic rings. The first-order valence-electron chi connectivity index (χ1n) is 8.11. The second kappa shape index (κ2) is 6.65. The highest BCUT2D eigenvalue weighted by Crippen LogP contribution is 2.27. The Labute approximate surface area is 159 Å². The molecule has 2 N–H and O–H groups in total. The Kier molecular flexibility index (Phi) is 4.17. The molecular weight excluding hydrogens is 364 g/mol. The third-order valence-electron chi connectivity index (χ3n) is 3.98. The second-order valence-corrected chi connectivity index (χ2v) is 6.33. The number of aromatic nitrogens is 2. The molecule has 134 valence electrons. The number of rotatable bonds is 3. The molecule has 4 rings (SSSR count). The van der Waals surface area contributed by atoms with Crippen LogP contribution in [0.3, 0.4) is 0 Å². The first kappa shape index (κ1) is 16.9. The lowest BCUT2D eigenvalue weighted by Gasteiger charge is -2.16. The van der Waals surface area contributed by atoms with Crippen LogP contribution in [-0.2, 0) is 9.59 Å². The zero-order chi connectivity index (χ0) is 19.0. The molecule has 0 bridgehead atoms. The van der Waals surface area contributed by atoms with Crippen molar-refractivity contribution in [3.8, 4) is 17.1 Å². The molecule has 8 heteroatoms. The number of hydrogen-bond donors (Lipinski definition) is 2. The van der Waals surface area contributed by atoms with Crippen molar-refractivity contribution < 1.29 is 14.0 Å². The maximum absolute atomic E-state index is 12.2. The molecule has 1 fully saturated rings. The van der Waals surface area contributed by atoms with Crippen molar-refractivity contribution in [2.75, 3.05) is 0 Å². The van der Waals surface area contributed by atoms with E-state index in [-0.39, 0.29) is 10.7 Å². The number of amides is 2. The summed E-state index contributed by atoms with van der Waals surface area (Å²) in [5.74, 6) is 0.160. The molecule has 7 nitrogen and oxygen atoms in total. The molecule has 2 aromatic heterocycles. The van der Waals surface area contributed by atoms with Crippen LogP contribution in [0.2, 0.25) is 0 Å². The van der Waals surface area contributed by atoms with E-state index in [0.717, 1.165) is 11.4 Å². The minimum atomic E-state index is -0.558. The van der Waals surface area contributed by atoms with Crippen LogP contribution in [0.15, 0.2) is 58.7 Å². The first-order valence-corrected chi connectivity index (χ1v) is 8.52. The Morgan fingerprint density at radius 1 is 1.07 bits per heavy atom. The number of carbonyl (C=O) groups excluding carboxylic acids is 2. The van der Waals surface area contributed by atoms with E-state index in [2.05, 4.69) is 15.7 Å². The van der Waals surface area contributed by atoms with E-state index in [1.807, 2.05) is 43.3 Å². The van der Waals surface area contributed by atoms with Crippen LogP contribution in [0.5, 0.6) is 0 Å². The molecule has 0 spiro atoms. The van der Waals surface area contributed by atoms with Gasteiger partial charge in [-0.15, -0.1) is 0 Å². The largest absolute Gasteiger partial charge is 0.460 e. The predicted molar refractivity (Wildman–Crippen MR) is 103 cm³/mol. The van der Waals surface area contributed by atoms with Gasteiger partial charge in [-0.3, -0.25) is 20.2 Å². The van der Waals surface area contributed by atoms with Crippen LogP contribution in [-0.4, -0.2) is 26.7 Å². The number of benzene rings is 1. The van der Waals surface area contributed by atoms with Crippen LogP contribution in [0.25, 0.3) is 23.2 Å². The molecule has 2 amide bonds. The molecule has 0 unspecified atom stereocenters. The van der Waals surface area contributed by atoms with Gasteiger partial charge in [0.05, 0.1) is 5.69 Å². The minimum Gasteiger partial charge on any atom is -0.460 e. The van der Waals surface area contributed by atoms with Gasteiger partial charge in [0.1, 0.15) is 17.0 Å². The Balaban J connectivity index is 1.85. The SMILES string of the molecule is Cc1ccc(-c2nn(-c3ccccc3)cc2C=C2C(=O)NC(=S)NC2=O)o1. The Morgan fingerprint density at radius 2 is 1.78 bits per heavy atom. The smallest absolute Gasteiger partial charge is 0.263 e. The van der Waals surface area contributed by atoms with Gasteiger partial charge in [0.25, 0.3) is 11.8 Å². The van der Waals surface area contributed by atoms with Crippen molar-refractivity contribution in [2.45, 2.75) is 6.92 Å². The van der Waals surface area contributed by atoms with Gasteiger partial charge in [0.2, 0.25) is 0 Å². The number of nitrogens with zero attached hydrogens (tertiary/aromatic N) is 2. The number of aryl methyl sites for hydroxylation is 1. The summed E-state index contributed by atoms with van der Waals surface area (Å²) < 4.78 is 7.36. The van der Waals surface area contributed by atoms with Crippen molar-refractivity contribution >= 4 is 35.2 Å². The van der Waals surface area contributed by atoms with Gasteiger partial charge in [-0.2, -0.15) is 5.10 Å². The Bertz CT molecular complexity index is 1070. The first-order chi connectivity index (χ1) is 13.0. The predicted octanol–water partition coefficient (Wildman–Crippen LogP) is 2.36. The van der Waals surface area contributed by atoms with E-state index >= 15 is 0 Å². The highest BCUT2D eigenvalue weighted by atomic mass is 32.1. The van der Waals surface area contributed by atoms with Gasteiger partial charge in [0, 0.05) is 11.8 Å². The van der Waals surface area contributed by atoms with Crippen molar-refractivity contribution in [1.29, 1.82) is 0 Å². The molecular formula is C19H14N4O3S. The summed E-state index contributed by atoms with van der Waals surface area (Å²) in [5.41, 5.74) is 1.88. The lowest BCUT2D eigenvalue weighted by molar-refractivity contribution is -0.123. The number of hydrogen-bond acceptors (Lipinski definition) is 5. The van der Waals surface area contributed by atoms with Crippen LogP contribution >= 0.6 is 12.2 Å². The van der Waals surface area contributed by atoms with E-state index in [0.29, 0.717) is 17.0 Å². The van der Waals surface area contributed by atoms with E-state index in [9.17, 15) is 9.59 Å². The molecule has 1 aromatic carbocycles. The molecule has 0 atom stereocenters. The third-order valence-corrected chi connectivity index (χ3v) is 4.18. The van der Waals surface area contributed by atoms with Gasteiger partial charge in [0.15, 0.2) is 10.9 Å². The lowest BCUT2D eigenvalue weighted by Crippen LogP contribution is -2.51. The van der Waals surface area contributed by atoms with Crippen LogP contribution in [0, 0.1) is 6.92 Å². The van der Waals surface area contributed by atoms with Crippen LogP contribution < -0.4 is 10.6 Å². The third kappa shape index (κ3) is 3.30. The van der Waals surface area contributed by atoms with Gasteiger partial charge in [-0.1, -0.05) is 18.2 Å². The monoisotopic (exact) mass is 378 g/mol. The summed E-state index contributed by atoms with van der Waals surface area (Å²) in [6.07, 6.45) is 3.22. The number of para-hydroxylation sites is 1. The summed E-state index contributed by atoms with van der Waals surface area (Å²) in [7, 11) is 0. The van der Waals surface area contributed by atoms with Crippen molar-refractivity contribution in [3.63, 3.8) is 0 Å². The van der Waals surface area contributed by atoms with Gasteiger partial charge >= 0.3 is 0 Å². The topological polar surface area (TPSA) is 89.2 Å². The Hall–Kier alpha value is -3.52. The minimum absolute atomic E-state index is 0.0102. The summed E-state index contributed by atoms with van der Waals surface area (Å²) in [6.45, 7) is 1.83. The number of furan rings is 1. The van der Waals surface area contributed by atoms with E-state index in [1.54, 1.807) is 16.9 Å². The average molecular weight is 378 g/mol. The molecule has 1 aliphatic heterocycles. The lowest BCUT2D eigenvalue weighted by atomic mass is 10.1. The van der Waals surface area contributed by atoms with E-state index in [1.165, 1.54) is 6.08 Å². The maximum atomic E-state index is 12.2. The van der Waals surface area contributed by atoms with Crippen LogP contribution in [0.4, 0.5) is 0 Å². The van der Waals surface area contributed by atoms with Crippen molar-refractivity contribution in [2.24, 2.45) is 0 Å². The highest BCUT2D eigenvalue weighted by molar-refractivity contribution is 7.80. The number of thiocarbonyl (C=S) groups is 1. The summed E-state index contributed by atoms with van der Waals surface area (Å²) >= 11 is 4.83. The van der Waals surface area contributed by atoms with Gasteiger partial charge in [-0.05, 0) is 49.5 Å². The molecule has 3 heterocycles. The molecule has 0 radical (unpaired) electrons. The quantitative estimate of drug-likeness (QED) is 0.415. The van der Waals surface area contributed by atoms with Crippen molar-refractivity contribution in [1.82, 2.24) is 20.4 Å². The average Bonchev–Trinajstić information content (AvgIpc) is 3.25. The normalized spacial score (nSPS) is 14.1. The standard InChI is InChI=1S/C19H14N4O3S/c1-11-7-8-15(26-11)16-12(9-14-17(24)20-19(27)21-18(14)25)10-23(22-16)13-5-3-2-4-6-13/h2-10H,1H3,(H2,20,21,24,25,27). The van der Waals surface area contributed by atoms with Crippen LogP contribution in [0.1, 0.15) is 11.3 Å². The second-order valence-electron chi connectivity index (χ2n) is 5.92. The number of nitrogens with one attached hydrogen (secondary N) is 2. The molecule has 0 aliphatic carbocycles. The molecule has 1 saturated heterocycles. The van der Waals surface area contributed by atoms with Crippen molar-refractivity contribution in [3.05, 3.63) is 65.6 Å². The van der Waals surface area contributed by atoms with Gasteiger partial charge < -0.3 is 4.42 Å². The zero-order valence-corrected chi connectivity index (χ0v) is 15.0. The van der Waals surface area contributed by atoms with E-state index < -0.39 is 11.8 Å². The highest BCUT2D eigenvalue weighted by Gasteiger charge is 2.27. The fraction of sp³-hybridized carbons (Fsp3) is 0.0526. The summed E-state index contributed by atoms with van der Waals surface area (Å²) in [4.78, 5) is 24.3. The fourth-order valence-electron chi connectivity index (χ4n) is 2.72. The Morgan fingerprint density at radius 3 is 2.41 bits per heavy atom.